The monoisotopic (exact) mass is 234 g/mol. The number of ether oxygens (including phenoxy) is 1. The van der Waals surface area contributed by atoms with Crippen LogP contribution in [0.1, 0.15) is 11.4 Å². The molecule has 2 aromatic rings. The van der Waals surface area contributed by atoms with Gasteiger partial charge in [-0.2, -0.15) is 9.97 Å². The molecule has 90 valence electrons. The summed E-state index contributed by atoms with van der Waals surface area (Å²) in [7, 11) is 3.63. The lowest BCUT2D eigenvalue weighted by Crippen LogP contribution is -2.09. The highest BCUT2D eigenvalue weighted by Gasteiger charge is 2.10. The van der Waals surface area contributed by atoms with Gasteiger partial charge in [-0.15, -0.1) is 5.10 Å². The molecular formula is C10H14N6O. The number of nitrogens with one attached hydrogen (secondary N) is 1. The molecule has 0 amide bonds. The number of hydrogen-bond acceptors (Lipinski definition) is 6. The summed E-state index contributed by atoms with van der Waals surface area (Å²) in [6.07, 6.45) is 3.30. The molecule has 0 unspecified atom stereocenters. The third-order valence-electron chi connectivity index (χ3n) is 2.08. The molecule has 0 atom stereocenters. The smallest absolute Gasteiger partial charge is 0.342 e. The van der Waals surface area contributed by atoms with Gasteiger partial charge in [-0.25, -0.2) is 4.98 Å². The Hall–Kier alpha value is -2.02. The van der Waals surface area contributed by atoms with Gasteiger partial charge in [0.2, 0.25) is 5.88 Å². The van der Waals surface area contributed by atoms with Crippen LogP contribution in [0.15, 0.2) is 12.5 Å². The highest BCUT2D eigenvalue weighted by atomic mass is 16.5. The lowest BCUT2D eigenvalue weighted by Gasteiger charge is -2.07. The van der Waals surface area contributed by atoms with E-state index in [4.69, 9.17) is 4.74 Å². The van der Waals surface area contributed by atoms with Crippen molar-refractivity contribution in [3.05, 3.63) is 23.9 Å². The van der Waals surface area contributed by atoms with Gasteiger partial charge >= 0.3 is 6.01 Å². The molecule has 7 nitrogen and oxygen atoms in total. The average Bonchev–Trinajstić information content (AvgIpc) is 2.68. The van der Waals surface area contributed by atoms with Crippen molar-refractivity contribution < 1.29 is 4.74 Å². The standard InChI is InChI=1S/C10H14N6O/c1-7-12-5-8(4-11-2)9(14-7)17-10-13-6-16(3)15-10/h5-6,11H,4H2,1-3H3. The fourth-order valence-corrected chi connectivity index (χ4v) is 1.33. The first-order chi connectivity index (χ1) is 8.19. The van der Waals surface area contributed by atoms with Crippen molar-refractivity contribution in [1.82, 2.24) is 30.0 Å². The van der Waals surface area contributed by atoms with Crippen LogP contribution in [0.3, 0.4) is 0 Å². The molecule has 0 saturated carbocycles. The third-order valence-corrected chi connectivity index (χ3v) is 2.08. The molecule has 0 aliphatic rings. The van der Waals surface area contributed by atoms with Gasteiger partial charge in [-0.05, 0) is 14.0 Å². The Bertz CT molecular complexity index is 509. The van der Waals surface area contributed by atoms with E-state index in [1.165, 1.54) is 0 Å². The Balaban J connectivity index is 2.26. The maximum atomic E-state index is 5.53. The first-order valence-electron chi connectivity index (χ1n) is 5.19. The lowest BCUT2D eigenvalue weighted by atomic mass is 10.3. The molecule has 0 saturated heterocycles. The first kappa shape index (κ1) is 11.5. The van der Waals surface area contributed by atoms with Crippen molar-refractivity contribution in [1.29, 1.82) is 0 Å². The van der Waals surface area contributed by atoms with Crippen LogP contribution in [0, 0.1) is 6.92 Å². The molecular weight excluding hydrogens is 220 g/mol. The number of aryl methyl sites for hydroxylation is 2. The molecule has 0 aliphatic heterocycles. The molecule has 7 heteroatoms. The number of hydrogen-bond donors (Lipinski definition) is 1. The summed E-state index contributed by atoms with van der Waals surface area (Å²) in [5.41, 5.74) is 0.866. The van der Waals surface area contributed by atoms with Gasteiger partial charge in [0, 0.05) is 25.4 Å². The lowest BCUT2D eigenvalue weighted by molar-refractivity contribution is 0.413. The van der Waals surface area contributed by atoms with Gasteiger partial charge in [0.25, 0.3) is 0 Å². The van der Waals surface area contributed by atoms with Crippen LogP contribution in [0.4, 0.5) is 0 Å². The molecule has 0 aliphatic carbocycles. The number of aromatic nitrogens is 5. The predicted molar refractivity (Wildman–Crippen MR) is 60.6 cm³/mol. The van der Waals surface area contributed by atoms with Crippen molar-refractivity contribution in [3.63, 3.8) is 0 Å². The van der Waals surface area contributed by atoms with Crippen molar-refractivity contribution in [2.24, 2.45) is 7.05 Å². The van der Waals surface area contributed by atoms with Crippen LogP contribution in [-0.4, -0.2) is 31.8 Å². The summed E-state index contributed by atoms with van der Waals surface area (Å²) in [6.45, 7) is 2.43. The van der Waals surface area contributed by atoms with Crippen LogP contribution in [0.25, 0.3) is 0 Å². The summed E-state index contributed by atoms with van der Waals surface area (Å²) in [5.74, 6) is 1.13. The van der Waals surface area contributed by atoms with E-state index in [-0.39, 0.29) is 6.01 Å². The summed E-state index contributed by atoms with van der Waals surface area (Å²) >= 11 is 0. The third kappa shape index (κ3) is 2.76. The van der Waals surface area contributed by atoms with E-state index in [2.05, 4.69) is 25.4 Å². The average molecular weight is 234 g/mol. The molecule has 17 heavy (non-hydrogen) atoms. The number of nitrogens with zero attached hydrogens (tertiary/aromatic N) is 5. The molecule has 2 heterocycles. The van der Waals surface area contributed by atoms with Crippen LogP contribution in [0.5, 0.6) is 11.9 Å². The topological polar surface area (TPSA) is 77.8 Å². The zero-order valence-electron chi connectivity index (χ0n) is 10.0. The second-order valence-electron chi connectivity index (χ2n) is 3.58. The van der Waals surface area contributed by atoms with Crippen LogP contribution in [-0.2, 0) is 13.6 Å². The Labute approximate surface area is 98.9 Å². The molecule has 2 aromatic heterocycles. The Morgan fingerprint density at radius 3 is 2.88 bits per heavy atom. The quantitative estimate of drug-likeness (QED) is 0.826. The Kier molecular flexibility index (Phi) is 3.29. The largest absolute Gasteiger partial charge is 0.404 e. The number of rotatable bonds is 4. The van der Waals surface area contributed by atoms with Crippen molar-refractivity contribution >= 4 is 0 Å². The zero-order chi connectivity index (χ0) is 12.3. The van der Waals surface area contributed by atoms with Crippen LogP contribution >= 0.6 is 0 Å². The van der Waals surface area contributed by atoms with E-state index >= 15 is 0 Å². The summed E-state index contributed by atoms with van der Waals surface area (Å²) in [6, 6.07) is 0.281. The van der Waals surface area contributed by atoms with Crippen molar-refractivity contribution in [2.45, 2.75) is 13.5 Å². The van der Waals surface area contributed by atoms with Gasteiger partial charge in [-0.3, -0.25) is 4.68 Å². The van der Waals surface area contributed by atoms with Crippen LogP contribution < -0.4 is 10.1 Å². The normalized spacial score (nSPS) is 10.5. The molecule has 0 radical (unpaired) electrons. The molecule has 0 spiro atoms. The highest BCUT2D eigenvalue weighted by Crippen LogP contribution is 2.19. The minimum Gasteiger partial charge on any atom is -0.404 e. The fourth-order valence-electron chi connectivity index (χ4n) is 1.33. The minimum absolute atomic E-state index is 0.281. The van der Waals surface area contributed by atoms with Crippen molar-refractivity contribution in [3.8, 4) is 11.9 Å². The van der Waals surface area contributed by atoms with Gasteiger partial charge in [-0.1, -0.05) is 0 Å². The van der Waals surface area contributed by atoms with E-state index in [0.29, 0.717) is 18.2 Å². The van der Waals surface area contributed by atoms with E-state index in [9.17, 15) is 0 Å². The molecule has 2 rings (SSSR count). The van der Waals surface area contributed by atoms with E-state index < -0.39 is 0 Å². The predicted octanol–water partition coefficient (Wildman–Crippen LogP) is 0.425. The van der Waals surface area contributed by atoms with Gasteiger partial charge in [0.1, 0.15) is 12.2 Å². The molecule has 1 N–H and O–H groups in total. The fraction of sp³-hybridized carbons (Fsp3) is 0.400. The molecule has 0 fully saturated rings. The SMILES string of the molecule is CNCc1cnc(C)nc1Oc1ncn(C)n1. The zero-order valence-corrected chi connectivity index (χ0v) is 10.0. The summed E-state index contributed by atoms with van der Waals surface area (Å²) in [5, 5.41) is 7.07. The summed E-state index contributed by atoms with van der Waals surface area (Å²) in [4.78, 5) is 12.4. The molecule has 0 aromatic carbocycles. The second kappa shape index (κ2) is 4.88. The van der Waals surface area contributed by atoms with Gasteiger partial charge in [0.05, 0.1) is 0 Å². The highest BCUT2D eigenvalue weighted by molar-refractivity contribution is 5.25. The maximum Gasteiger partial charge on any atom is 0.342 e. The first-order valence-corrected chi connectivity index (χ1v) is 5.19. The van der Waals surface area contributed by atoms with Crippen LogP contribution in [0.2, 0.25) is 0 Å². The second-order valence-corrected chi connectivity index (χ2v) is 3.58. The molecule has 0 bridgehead atoms. The summed E-state index contributed by atoms with van der Waals surface area (Å²) < 4.78 is 7.10. The Morgan fingerprint density at radius 2 is 2.24 bits per heavy atom. The minimum atomic E-state index is 0.281. The Morgan fingerprint density at radius 1 is 1.41 bits per heavy atom. The maximum absolute atomic E-state index is 5.53. The van der Waals surface area contributed by atoms with Gasteiger partial charge in [0.15, 0.2) is 0 Å². The van der Waals surface area contributed by atoms with E-state index in [1.54, 1.807) is 24.3 Å². The van der Waals surface area contributed by atoms with Crippen molar-refractivity contribution in [2.75, 3.05) is 7.05 Å². The van der Waals surface area contributed by atoms with E-state index in [0.717, 1.165) is 5.56 Å². The van der Waals surface area contributed by atoms with E-state index in [1.807, 2.05) is 14.0 Å². The van der Waals surface area contributed by atoms with Gasteiger partial charge < -0.3 is 10.1 Å².